The van der Waals surface area contributed by atoms with Gasteiger partial charge in [0.25, 0.3) is 11.8 Å². The van der Waals surface area contributed by atoms with Gasteiger partial charge in [0.2, 0.25) is 5.91 Å². The number of hydrogen-bond acceptors (Lipinski definition) is 6. The summed E-state index contributed by atoms with van der Waals surface area (Å²) in [5, 5.41) is 1.29. The Labute approximate surface area is 216 Å². The predicted octanol–water partition coefficient (Wildman–Crippen LogP) is 4.12. The highest BCUT2D eigenvalue weighted by Crippen LogP contribution is 2.44. The largest absolute Gasteiger partial charge is 0.496 e. The van der Waals surface area contributed by atoms with E-state index in [4.69, 9.17) is 9.47 Å². The summed E-state index contributed by atoms with van der Waals surface area (Å²) in [5.41, 5.74) is 4.66. The molecule has 5 rings (SSSR count). The lowest BCUT2D eigenvalue weighted by Gasteiger charge is -2.25. The van der Waals surface area contributed by atoms with Crippen LogP contribution in [0.25, 0.3) is 0 Å². The van der Waals surface area contributed by atoms with E-state index in [1.54, 1.807) is 55.6 Å². The van der Waals surface area contributed by atoms with Gasteiger partial charge in [-0.1, -0.05) is 40.2 Å². The first-order valence-corrected chi connectivity index (χ1v) is 12.3. The van der Waals surface area contributed by atoms with Crippen LogP contribution in [0.5, 0.6) is 11.5 Å². The second kappa shape index (κ2) is 9.75. The van der Waals surface area contributed by atoms with Crippen molar-refractivity contribution in [2.75, 3.05) is 18.6 Å². The van der Waals surface area contributed by atoms with Crippen LogP contribution in [-0.2, 0) is 9.59 Å². The van der Waals surface area contributed by atoms with Crippen LogP contribution in [0.1, 0.15) is 28.9 Å². The predicted molar refractivity (Wildman–Crippen MR) is 137 cm³/mol. The van der Waals surface area contributed by atoms with Crippen LogP contribution < -0.4 is 19.8 Å². The van der Waals surface area contributed by atoms with Gasteiger partial charge in [-0.25, -0.2) is 10.3 Å². The smallest absolute Gasteiger partial charge is 0.268 e. The number of para-hydroxylation sites is 1. The fourth-order valence-electron chi connectivity index (χ4n) is 4.83. The SMILES string of the molecule is CCOc1ccc(N2C(=O)[C@@H]3[C@@H](c4ccccc4OC)NN(C(=O)c4cccc(Br)c4)[C@H]3C2=O)cc1. The summed E-state index contributed by atoms with van der Waals surface area (Å²) in [7, 11) is 1.55. The second-order valence-electron chi connectivity index (χ2n) is 8.44. The normalized spacial score (nSPS) is 21.0. The van der Waals surface area contributed by atoms with Gasteiger partial charge in [-0.15, -0.1) is 0 Å². The molecule has 8 nitrogen and oxygen atoms in total. The molecule has 2 aliphatic heterocycles. The molecule has 0 bridgehead atoms. The maximum absolute atomic E-state index is 13.8. The number of carbonyl (C=O) groups excluding carboxylic acids is 3. The zero-order valence-corrected chi connectivity index (χ0v) is 21.3. The van der Waals surface area contributed by atoms with Crippen LogP contribution in [0.15, 0.2) is 77.3 Å². The van der Waals surface area contributed by atoms with Crippen molar-refractivity contribution in [3.63, 3.8) is 0 Å². The summed E-state index contributed by atoms with van der Waals surface area (Å²) in [4.78, 5) is 42.3. The van der Waals surface area contributed by atoms with E-state index in [-0.39, 0.29) is 5.91 Å². The van der Waals surface area contributed by atoms with Crippen LogP contribution in [0.4, 0.5) is 5.69 Å². The average Bonchev–Trinajstić information content (AvgIpc) is 3.40. The Morgan fingerprint density at radius 1 is 1.00 bits per heavy atom. The van der Waals surface area contributed by atoms with Crippen LogP contribution >= 0.6 is 15.9 Å². The molecule has 184 valence electrons. The van der Waals surface area contributed by atoms with Crippen LogP contribution in [0, 0.1) is 5.92 Å². The Kier molecular flexibility index (Phi) is 6.51. The lowest BCUT2D eigenvalue weighted by atomic mass is 9.90. The summed E-state index contributed by atoms with van der Waals surface area (Å²) in [6.45, 7) is 2.38. The minimum absolute atomic E-state index is 0.385. The standard InChI is InChI=1S/C27H24BrN3O5/c1-3-36-19-13-11-18(12-14-19)30-26(33)22-23(20-9-4-5-10-21(20)35-2)29-31(24(22)27(30)34)25(32)16-7-6-8-17(28)15-16/h4-15,22-24,29H,3H2,1-2H3/t22-,23-,24-/m1/s1. The number of fused-ring (bicyclic) bond motifs is 1. The van der Waals surface area contributed by atoms with Gasteiger partial charge in [-0.3, -0.25) is 19.4 Å². The average molecular weight is 550 g/mol. The Balaban J connectivity index is 1.57. The molecule has 3 aromatic carbocycles. The Morgan fingerprint density at radius 3 is 2.44 bits per heavy atom. The van der Waals surface area contributed by atoms with Gasteiger partial charge in [0, 0.05) is 15.6 Å². The molecule has 2 aliphatic rings. The Bertz CT molecular complexity index is 1330. The summed E-state index contributed by atoms with van der Waals surface area (Å²) in [5.74, 6) is -0.898. The number of carbonyl (C=O) groups is 3. The van der Waals surface area contributed by atoms with E-state index in [1.165, 1.54) is 5.01 Å². The minimum atomic E-state index is -1.02. The number of benzene rings is 3. The van der Waals surface area contributed by atoms with Crippen molar-refractivity contribution in [2.45, 2.75) is 19.0 Å². The minimum Gasteiger partial charge on any atom is -0.496 e. The third-order valence-electron chi connectivity index (χ3n) is 6.40. The summed E-state index contributed by atoms with van der Waals surface area (Å²) < 4.78 is 11.8. The molecule has 2 fully saturated rings. The molecule has 0 unspecified atom stereocenters. The summed E-state index contributed by atoms with van der Waals surface area (Å²) in [6, 6.07) is 19.3. The van der Waals surface area contributed by atoms with E-state index in [2.05, 4.69) is 21.4 Å². The second-order valence-corrected chi connectivity index (χ2v) is 9.36. The van der Waals surface area contributed by atoms with Crippen molar-refractivity contribution in [3.05, 3.63) is 88.4 Å². The Hall–Kier alpha value is -3.69. The number of hydrogen-bond donors (Lipinski definition) is 1. The van der Waals surface area contributed by atoms with Crippen molar-refractivity contribution in [1.29, 1.82) is 0 Å². The number of ether oxygens (including phenoxy) is 2. The molecule has 36 heavy (non-hydrogen) atoms. The third kappa shape index (κ3) is 4.04. The topological polar surface area (TPSA) is 88.2 Å². The van der Waals surface area contributed by atoms with Crippen molar-refractivity contribution in [3.8, 4) is 11.5 Å². The van der Waals surface area contributed by atoms with Crippen LogP contribution in [-0.4, -0.2) is 42.5 Å². The quantitative estimate of drug-likeness (QED) is 0.465. The highest BCUT2D eigenvalue weighted by atomic mass is 79.9. The highest BCUT2D eigenvalue weighted by Gasteiger charge is 2.60. The lowest BCUT2D eigenvalue weighted by Crippen LogP contribution is -2.48. The summed E-state index contributed by atoms with van der Waals surface area (Å²) in [6.07, 6.45) is 0. The fraction of sp³-hybridized carbons (Fsp3) is 0.222. The third-order valence-corrected chi connectivity index (χ3v) is 6.90. The molecule has 2 heterocycles. The number of methoxy groups -OCH3 is 1. The molecule has 3 aromatic rings. The molecular formula is C27H24BrN3O5. The number of anilines is 1. The van der Waals surface area contributed by atoms with E-state index < -0.39 is 29.8 Å². The number of imide groups is 1. The maximum Gasteiger partial charge on any atom is 0.268 e. The number of rotatable bonds is 6. The number of hydrazine groups is 1. The van der Waals surface area contributed by atoms with Gasteiger partial charge in [-0.05, 0) is 55.5 Å². The Morgan fingerprint density at radius 2 is 1.75 bits per heavy atom. The fourth-order valence-corrected chi connectivity index (χ4v) is 5.23. The highest BCUT2D eigenvalue weighted by molar-refractivity contribution is 9.10. The molecule has 3 amide bonds. The molecule has 0 spiro atoms. The van der Waals surface area contributed by atoms with E-state index in [0.717, 1.165) is 9.37 Å². The molecule has 2 saturated heterocycles. The van der Waals surface area contributed by atoms with Gasteiger partial charge < -0.3 is 9.47 Å². The number of nitrogens with one attached hydrogen (secondary N) is 1. The van der Waals surface area contributed by atoms with Crippen molar-refractivity contribution < 1.29 is 23.9 Å². The van der Waals surface area contributed by atoms with Gasteiger partial charge >= 0.3 is 0 Å². The molecule has 0 aliphatic carbocycles. The first-order chi connectivity index (χ1) is 17.4. The monoisotopic (exact) mass is 549 g/mol. The molecule has 1 N–H and O–H groups in total. The maximum atomic E-state index is 13.8. The first-order valence-electron chi connectivity index (χ1n) is 11.5. The van der Waals surface area contributed by atoms with E-state index in [9.17, 15) is 14.4 Å². The zero-order chi connectivity index (χ0) is 25.4. The van der Waals surface area contributed by atoms with Crippen molar-refractivity contribution in [2.24, 2.45) is 5.92 Å². The van der Waals surface area contributed by atoms with Gasteiger partial charge in [-0.2, -0.15) is 0 Å². The molecule has 0 radical (unpaired) electrons. The first kappa shape index (κ1) is 24.0. The molecule has 3 atom stereocenters. The zero-order valence-electron chi connectivity index (χ0n) is 19.7. The van der Waals surface area contributed by atoms with Crippen LogP contribution in [0.2, 0.25) is 0 Å². The van der Waals surface area contributed by atoms with E-state index >= 15 is 0 Å². The van der Waals surface area contributed by atoms with E-state index in [1.807, 2.05) is 31.2 Å². The number of nitrogens with zero attached hydrogens (tertiary/aromatic N) is 2. The lowest BCUT2D eigenvalue weighted by molar-refractivity contribution is -0.123. The van der Waals surface area contributed by atoms with Gasteiger partial charge in [0.15, 0.2) is 0 Å². The van der Waals surface area contributed by atoms with E-state index in [0.29, 0.717) is 34.9 Å². The van der Waals surface area contributed by atoms with Crippen molar-refractivity contribution in [1.82, 2.24) is 10.4 Å². The number of amides is 3. The van der Waals surface area contributed by atoms with Crippen molar-refractivity contribution >= 4 is 39.3 Å². The molecular weight excluding hydrogens is 526 g/mol. The molecule has 0 saturated carbocycles. The molecule has 9 heteroatoms. The molecule has 0 aromatic heterocycles. The van der Waals surface area contributed by atoms with Gasteiger partial charge in [0.1, 0.15) is 17.5 Å². The van der Waals surface area contributed by atoms with Gasteiger partial charge in [0.05, 0.1) is 31.4 Å². The van der Waals surface area contributed by atoms with Crippen LogP contribution in [0.3, 0.4) is 0 Å². The summed E-state index contributed by atoms with van der Waals surface area (Å²) >= 11 is 3.39. The number of halogens is 1.